The summed E-state index contributed by atoms with van der Waals surface area (Å²) in [6.45, 7) is 0. The molecule has 5 nitrogen and oxygen atoms in total. The van der Waals surface area contributed by atoms with Crippen LogP contribution in [0.2, 0.25) is 0 Å². The van der Waals surface area contributed by atoms with Crippen LogP contribution in [0.15, 0.2) is 12.1 Å². The molecule has 1 aromatic carbocycles. The molecular formula is C13H16O5. The molecule has 2 rings (SSSR count). The van der Waals surface area contributed by atoms with Crippen LogP contribution in [0.4, 0.5) is 0 Å². The van der Waals surface area contributed by atoms with Crippen LogP contribution < -0.4 is 14.2 Å². The summed E-state index contributed by atoms with van der Waals surface area (Å²) in [4.78, 5) is 11.0. The fraction of sp³-hybridized carbons (Fsp3) is 0.462. The lowest BCUT2D eigenvalue weighted by Gasteiger charge is -2.14. The van der Waals surface area contributed by atoms with E-state index in [4.69, 9.17) is 19.3 Å². The van der Waals surface area contributed by atoms with Crippen molar-refractivity contribution < 1.29 is 24.1 Å². The number of rotatable bonds is 5. The number of aliphatic carboxylic acids is 1. The molecule has 1 aliphatic rings. The van der Waals surface area contributed by atoms with E-state index in [9.17, 15) is 4.79 Å². The number of hydrogen-bond acceptors (Lipinski definition) is 4. The maximum Gasteiger partial charge on any atom is 0.307 e. The fourth-order valence-corrected chi connectivity index (χ4v) is 2.19. The summed E-state index contributed by atoms with van der Waals surface area (Å²) in [5.41, 5.74) is 0.813. The topological polar surface area (TPSA) is 65.0 Å². The lowest BCUT2D eigenvalue weighted by atomic mass is 10.1. The first-order valence-corrected chi connectivity index (χ1v) is 5.65. The molecule has 0 aliphatic heterocycles. The van der Waals surface area contributed by atoms with E-state index in [1.807, 2.05) is 0 Å². The molecule has 5 heteroatoms. The SMILES string of the molecule is COc1cc(OC)c([C@H]2C[C@H]2C(=O)O)c(OC)c1. The van der Waals surface area contributed by atoms with Crippen molar-refractivity contribution in [3.8, 4) is 17.2 Å². The monoisotopic (exact) mass is 252 g/mol. The number of methoxy groups -OCH3 is 3. The minimum atomic E-state index is -0.778. The van der Waals surface area contributed by atoms with Crippen LogP contribution in [-0.2, 0) is 4.79 Å². The summed E-state index contributed by atoms with van der Waals surface area (Å²) in [5.74, 6) is 0.680. The predicted molar refractivity (Wildman–Crippen MR) is 64.6 cm³/mol. The van der Waals surface area contributed by atoms with Gasteiger partial charge in [0.05, 0.1) is 27.2 Å². The smallest absolute Gasteiger partial charge is 0.307 e. The third-order valence-corrected chi connectivity index (χ3v) is 3.23. The Morgan fingerprint density at radius 2 is 1.72 bits per heavy atom. The van der Waals surface area contributed by atoms with E-state index in [0.717, 1.165) is 5.56 Å². The molecule has 0 aromatic heterocycles. The molecule has 98 valence electrons. The molecule has 0 unspecified atom stereocenters. The Hall–Kier alpha value is -1.91. The highest BCUT2D eigenvalue weighted by Gasteiger charge is 2.47. The van der Waals surface area contributed by atoms with Gasteiger partial charge in [0.1, 0.15) is 17.2 Å². The number of hydrogen-bond donors (Lipinski definition) is 1. The predicted octanol–water partition coefficient (Wildman–Crippen LogP) is 1.90. The molecule has 0 spiro atoms. The lowest BCUT2D eigenvalue weighted by molar-refractivity contribution is -0.138. The second kappa shape index (κ2) is 4.76. The lowest BCUT2D eigenvalue weighted by Crippen LogP contribution is -2.02. The highest BCUT2D eigenvalue weighted by Crippen LogP contribution is 2.54. The van der Waals surface area contributed by atoms with Gasteiger partial charge in [-0.2, -0.15) is 0 Å². The van der Waals surface area contributed by atoms with Gasteiger partial charge < -0.3 is 19.3 Å². The van der Waals surface area contributed by atoms with Gasteiger partial charge in [0.2, 0.25) is 0 Å². The van der Waals surface area contributed by atoms with Gasteiger partial charge >= 0.3 is 5.97 Å². The van der Waals surface area contributed by atoms with Crippen molar-refractivity contribution in [3.63, 3.8) is 0 Å². The van der Waals surface area contributed by atoms with Gasteiger partial charge in [-0.1, -0.05) is 0 Å². The molecule has 0 bridgehead atoms. The second-order valence-corrected chi connectivity index (χ2v) is 4.23. The summed E-state index contributed by atoms with van der Waals surface area (Å²) < 4.78 is 15.8. The molecule has 18 heavy (non-hydrogen) atoms. The average Bonchev–Trinajstić information content (AvgIpc) is 3.17. The van der Waals surface area contributed by atoms with Crippen LogP contribution in [0.25, 0.3) is 0 Å². The van der Waals surface area contributed by atoms with Crippen molar-refractivity contribution in [2.24, 2.45) is 5.92 Å². The van der Waals surface area contributed by atoms with Crippen LogP contribution in [0.1, 0.15) is 17.9 Å². The highest BCUT2D eigenvalue weighted by atomic mass is 16.5. The number of carboxylic acids is 1. The van der Waals surface area contributed by atoms with E-state index >= 15 is 0 Å². The molecule has 2 atom stereocenters. The van der Waals surface area contributed by atoms with E-state index in [2.05, 4.69) is 0 Å². The summed E-state index contributed by atoms with van der Waals surface area (Å²) in [5, 5.41) is 9.01. The number of benzene rings is 1. The van der Waals surface area contributed by atoms with Crippen molar-refractivity contribution in [1.82, 2.24) is 0 Å². The minimum absolute atomic E-state index is 0.0432. The summed E-state index contributed by atoms with van der Waals surface area (Å²) in [6, 6.07) is 3.49. The van der Waals surface area contributed by atoms with E-state index in [1.165, 1.54) is 0 Å². The summed E-state index contributed by atoms with van der Waals surface area (Å²) >= 11 is 0. The Morgan fingerprint density at radius 1 is 1.17 bits per heavy atom. The normalized spacial score (nSPS) is 21.3. The third-order valence-electron chi connectivity index (χ3n) is 3.23. The maximum absolute atomic E-state index is 11.0. The van der Waals surface area contributed by atoms with E-state index in [-0.39, 0.29) is 11.8 Å². The molecule has 0 radical (unpaired) electrons. The minimum Gasteiger partial charge on any atom is -0.496 e. The molecule has 0 saturated heterocycles. The summed E-state index contributed by atoms with van der Waals surface area (Å²) in [7, 11) is 4.66. The van der Waals surface area contributed by atoms with Crippen molar-refractivity contribution in [1.29, 1.82) is 0 Å². The maximum atomic E-state index is 11.0. The Bertz CT molecular complexity index is 443. The Kier molecular flexibility index (Phi) is 3.32. The first-order valence-electron chi connectivity index (χ1n) is 5.65. The van der Waals surface area contributed by atoms with Crippen LogP contribution in [0, 0.1) is 5.92 Å². The van der Waals surface area contributed by atoms with Gasteiger partial charge in [-0.3, -0.25) is 4.79 Å². The zero-order valence-electron chi connectivity index (χ0n) is 10.6. The van der Waals surface area contributed by atoms with Gasteiger partial charge in [-0.15, -0.1) is 0 Å². The number of carboxylic acid groups (broad SMARTS) is 1. The molecule has 0 amide bonds. The fourth-order valence-electron chi connectivity index (χ4n) is 2.19. The molecule has 1 saturated carbocycles. The molecule has 1 N–H and O–H groups in total. The van der Waals surface area contributed by atoms with Crippen molar-refractivity contribution >= 4 is 5.97 Å². The molecule has 0 heterocycles. The van der Waals surface area contributed by atoms with Gasteiger partial charge in [-0.05, 0) is 6.42 Å². The Balaban J connectivity index is 2.42. The second-order valence-electron chi connectivity index (χ2n) is 4.23. The van der Waals surface area contributed by atoms with Gasteiger partial charge in [0.25, 0.3) is 0 Å². The van der Waals surface area contributed by atoms with Gasteiger partial charge in [0, 0.05) is 23.6 Å². The molecule has 1 aliphatic carbocycles. The average molecular weight is 252 g/mol. The third kappa shape index (κ3) is 2.08. The number of carbonyl (C=O) groups is 1. The van der Waals surface area contributed by atoms with Crippen LogP contribution in [-0.4, -0.2) is 32.4 Å². The van der Waals surface area contributed by atoms with Crippen molar-refractivity contribution in [3.05, 3.63) is 17.7 Å². The molecule has 1 aromatic rings. The Morgan fingerprint density at radius 3 is 2.06 bits per heavy atom. The first kappa shape index (κ1) is 12.5. The zero-order chi connectivity index (χ0) is 13.3. The highest BCUT2D eigenvalue weighted by molar-refractivity contribution is 5.76. The quantitative estimate of drug-likeness (QED) is 0.867. The van der Waals surface area contributed by atoms with Crippen LogP contribution in [0.5, 0.6) is 17.2 Å². The van der Waals surface area contributed by atoms with E-state index < -0.39 is 5.97 Å². The van der Waals surface area contributed by atoms with Crippen LogP contribution >= 0.6 is 0 Å². The summed E-state index contributed by atoms with van der Waals surface area (Å²) in [6.07, 6.45) is 0.619. The number of ether oxygens (including phenoxy) is 3. The zero-order valence-corrected chi connectivity index (χ0v) is 10.6. The molecule has 1 fully saturated rings. The van der Waals surface area contributed by atoms with Gasteiger partial charge in [0.15, 0.2) is 0 Å². The first-order chi connectivity index (χ1) is 8.62. The van der Waals surface area contributed by atoms with Crippen molar-refractivity contribution in [2.45, 2.75) is 12.3 Å². The van der Waals surface area contributed by atoms with Gasteiger partial charge in [-0.25, -0.2) is 0 Å². The van der Waals surface area contributed by atoms with Crippen molar-refractivity contribution in [2.75, 3.05) is 21.3 Å². The Labute approximate surface area is 105 Å². The largest absolute Gasteiger partial charge is 0.496 e. The van der Waals surface area contributed by atoms with E-state index in [0.29, 0.717) is 23.7 Å². The standard InChI is InChI=1S/C13H16O5/c1-16-7-4-10(17-2)12(11(5-7)18-3)8-6-9(8)13(14)15/h4-5,8-9H,6H2,1-3H3,(H,14,15)/t8-,9+/m0/s1. The van der Waals surface area contributed by atoms with E-state index in [1.54, 1.807) is 33.5 Å². The van der Waals surface area contributed by atoms with Crippen LogP contribution in [0.3, 0.4) is 0 Å². The molecular weight excluding hydrogens is 236 g/mol.